The number of ether oxygens (including phenoxy) is 2. The van der Waals surface area contributed by atoms with Crippen LogP contribution in [0, 0.1) is 0 Å². The maximum absolute atomic E-state index is 12.5. The Hall–Kier alpha value is -2.82. The summed E-state index contributed by atoms with van der Waals surface area (Å²) in [7, 11) is 1.48. The van der Waals surface area contributed by atoms with Gasteiger partial charge in [-0.15, -0.1) is 0 Å². The Morgan fingerprint density at radius 1 is 1.09 bits per heavy atom. The largest absolute Gasteiger partial charge is 0.493 e. The zero-order chi connectivity index (χ0) is 15.7. The van der Waals surface area contributed by atoms with E-state index in [0.717, 1.165) is 0 Å². The second kappa shape index (κ2) is 5.52. The van der Waals surface area contributed by atoms with Gasteiger partial charge in [0.15, 0.2) is 17.3 Å². The molecule has 0 spiro atoms. The number of para-hydroxylation sites is 1. The minimum Gasteiger partial charge on any atom is -0.493 e. The van der Waals surface area contributed by atoms with Crippen LogP contribution in [0.15, 0.2) is 45.6 Å². The lowest BCUT2D eigenvalue weighted by Gasteiger charge is -2.11. The van der Waals surface area contributed by atoms with Crippen LogP contribution in [0.1, 0.15) is 6.92 Å². The highest BCUT2D eigenvalue weighted by Gasteiger charge is 2.13. The van der Waals surface area contributed by atoms with Crippen molar-refractivity contribution in [2.75, 3.05) is 13.7 Å². The van der Waals surface area contributed by atoms with Gasteiger partial charge in [0.2, 0.25) is 5.43 Å². The lowest BCUT2D eigenvalue weighted by molar-refractivity contribution is -0.118. The number of fused-ring (bicyclic) bond motifs is 2. The van der Waals surface area contributed by atoms with Gasteiger partial charge in [0, 0.05) is 6.07 Å². The number of benzene rings is 2. The Bertz CT molecular complexity index is 923. The van der Waals surface area contributed by atoms with E-state index in [9.17, 15) is 9.59 Å². The van der Waals surface area contributed by atoms with Crippen molar-refractivity contribution in [2.45, 2.75) is 6.92 Å². The van der Waals surface area contributed by atoms with Crippen LogP contribution in [0.5, 0.6) is 11.5 Å². The zero-order valence-corrected chi connectivity index (χ0v) is 12.2. The van der Waals surface area contributed by atoms with E-state index in [1.165, 1.54) is 14.0 Å². The molecule has 0 aliphatic rings. The van der Waals surface area contributed by atoms with Gasteiger partial charge < -0.3 is 13.9 Å². The molecule has 0 radical (unpaired) electrons. The van der Waals surface area contributed by atoms with Gasteiger partial charge in [0.25, 0.3) is 0 Å². The first-order chi connectivity index (χ1) is 10.6. The molecule has 0 saturated heterocycles. The molecule has 0 aliphatic carbocycles. The van der Waals surface area contributed by atoms with Gasteiger partial charge in [-0.2, -0.15) is 0 Å². The molecule has 1 heterocycles. The molecular weight excluding hydrogens is 284 g/mol. The quantitative estimate of drug-likeness (QED) is 0.693. The van der Waals surface area contributed by atoms with Crippen molar-refractivity contribution in [3.05, 3.63) is 46.6 Å². The van der Waals surface area contributed by atoms with E-state index >= 15 is 0 Å². The standard InChI is InChI=1S/C17H14O5/c1-10(18)9-21-16-8-14-12(7-15(16)20-2)17(19)11-5-3-4-6-13(11)22-14/h3-8H,9H2,1-2H3. The molecule has 0 atom stereocenters. The minimum atomic E-state index is -0.131. The Labute approximate surface area is 126 Å². The maximum Gasteiger partial charge on any atom is 0.200 e. The first kappa shape index (κ1) is 14.1. The predicted molar refractivity (Wildman–Crippen MR) is 82.7 cm³/mol. The number of methoxy groups -OCH3 is 1. The van der Waals surface area contributed by atoms with E-state index in [-0.39, 0.29) is 17.8 Å². The SMILES string of the molecule is COc1cc2c(=O)c3ccccc3oc2cc1OCC(C)=O. The molecule has 3 aromatic rings. The molecule has 0 fully saturated rings. The van der Waals surface area contributed by atoms with Crippen LogP contribution in [-0.4, -0.2) is 19.5 Å². The summed E-state index contributed by atoms with van der Waals surface area (Å²) in [6.07, 6.45) is 0. The van der Waals surface area contributed by atoms with Gasteiger partial charge in [-0.05, 0) is 25.1 Å². The summed E-state index contributed by atoms with van der Waals surface area (Å²) < 4.78 is 16.4. The molecule has 5 heteroatoms. The predicted octanol–water partition coefficient (Wildman–Crippen LogP) is 2.92. The van der Waals surface area contributed by atoms with E-state index in [2.05, 4.69) is 0 Å². The number of Topliss-reactive ketones (excluding diaryl/α,β-unsaturated/α-hetero) is 1. The highest BCUT2D eigenvalue weighted by atomic mass is 16.5. The zero-order valence-electron chi connectivity index (χ0n) is 12.2. The van der Waals surface area contributed by atoms with E-state index in [1.807, 2.05) is 0 Å². The van der Waals surface area contributed by atoms with E-state index in [0.29, 0.717) is 33.4 Å². The Morgan fingerprint density at radius 3 is 2.59 bits per heavy atom. The van der Waals surface area contributed by atoms with Gasteiger partial charge in [0.05, 0.1) is 17.9 Å². The molecule has 5 nitrogen and oxygen atoms in total. The summed E-state index contributed by atoms with van der Waals surface area (Å²) in [6.45, 7) is 1.36. The molecule has 0 amide bonds. The normalized spacial score (nSPS) is 10.8. The molecule has 0 aliphatic heterocycles. The van der Waals surface area contributed by atoms with Crippen LogP contribution in [0.3, 0.4) is 0 Å². The maximum atomic E-state index is 12.5. The molecule has 1 aromatic heterocycles. The van der Waals surface area contributed by atoms with Gasteiger partial charge in [-0.1, -0.05) is 12.1 Å². The van der Waals surface area contributed by atoms with E-state index in [1.54, 1.807) is 36.4 Å². The van der Waals surface area contributed by atoms with Crippen LogP contribution < -0.4 is 14.9 Å². The number of ketones is 1. The van der Waals surface area contributed by atoms with Crippen LogP contribution in [0.25, 0.3) is 21.9 Å². The highest BCUT2D eigenvalue weighted by molar-refractivity contribution is 5.91. The monoisotopic (exact) mass is 298 g/mol. The Kier molecular flexibility index (Phi) is 3.55. The summed E-state index contributed by atoms with van der Waals surface area (Å²) in [6, 6.07) is 10.2. The first-order valence-electron chi connectivity index (χ1n) is 6.76. The minimum absolute atomic E-state index is 0.0698. The van der Waals surface area contributed by atoms with Crippen molar-refractivity contribution in [1.29, 1.82) is 0 Å². The fraction of sp³-hybridized carbons (Fsp3) is 0.176. The fourth-order valence-electron chi connectivity index (χ4n) is 2.26. The Morgan fingerprint density at radius 2 is 1.86 bits per heavy atom. The van der Waals surface area contributed by atoms with Crippen molar-refractivity contribution in [3.8, 4) is 11.5 Å². The van der Waals surface area contributed by atoms with Crippen molar-refractivity contribution in [3.63, 3.8) is 0 Å². The molecule has 22 heavy (non-hydrogen) atoms. The lowest BCUT2D eigenvalue weighted by Crippen LogP contribution is -2.08. The highest BCUT2D eigenvalue weighted by Crippen LogP contribution is 2.32. The Balaban J connectivity index is 2.25. The van der Waals surface area contributed by atoms with Crippen LogP contribution in [0.4, 0.5) is 0 Å². The summed E-state index contributed by atoms with van der Waals surface area (Å²) in [5.41, 5.74) is 0.763. The molecule has 0 N–H and O–H groups in total. The summed E-state index contributed by atoms with van der Waals surface area (Å²) in [5, 5.41) is 0.917. The molecule has 0 unspecified atom stereocenters. The second-order valence-corrected chi connectivity index (χ2v) is 4.92. The van der Waals surface area contributed by atoms with Crippen LogP contribution in [-0.2, 0) is 4.79 Å². The summed E-state index contributed by atoms with van der Waals surface area (Å²) in [4.78, 5) is 23.6. The number of hydrogen-bond acceptors (Lipinski definition) is 5. The number of carbonyl (C=O) groups is 1. The summed E-state index contributed by atoms with van der Waals surface area (Å²) in [5.74, 6) is 0.641. The van der Waals surface area contributed by atoms with Crippen molar-refractivity contribution in [1.82, 2.24) is 0 Å². The van der Waals surface area contributed by atoms with Gasteiger partial charge in [-0.3, -0.25) is 9.59 Å². The van der Waals surface area contributed by atoms with Crippen molar-refractivity contribution < 1.29 is 18.7 Å². The molecule has 2 aromatic carbocycles. The second-order valence-electron chi connectivity index (χ2n) is 4.92. The molecule has 0 bridgehead atoms. The van der Waals surface area contributed by atoms with Crippen LogP contribution >= 0.6 is 0 Å². The van der Waals surface area contributed by atoms with Gasteiger partial charge >= 0.3 is 0 Å². The average Bonchev–Trinajstić information content (AvgIpc) is 2.52. The smallest absolute Gasteiger partial charge is 0.200 e. The third kappa shape index (κ3) is 2.41. The number of rotatable bonds is 4. The fourth-order valence-corrected chi connectivity index (χ4v) is 2.26. The topological polar surface area (TPSA) is 65.7 Å². The number of carbonyl (C=O) groups excluding carboxylic acids is 1. The molecule has 3 rings (SSSR count). The molecule has 112 valence electrons. The van der Waals surface area contributed by atoms with E-state index in [4.69, 9.17) is 13.9 Å². The van der Waals surface area contributed by atoms with Crippen molar-refractivity contribution >= 4 is 27.7 Å². The van der Waals surface area contributed by atoms with Gasteiger partial charge in [-0.25, -0.2) is 0 Å². The van der Waals surface area contributed by atoms with Gasteiger partial charge in [0.1, 0.15) is 17.8 Å². The molecule has 0 saturated carbocycles. The lowest BCUT2D eigenvalue weighted by atomic mass is 10.1. The van der Waals surface area contributed by atoms with Crippen LogP contribution in [0.2, 0.25) is 0 Å². The van der Waals surface area contributed by atoms with E-state index < -0.39 is 0 Å². The summed E-state index contributed by atoms with van der Waals surface area (Å²) >= 11 is 0. The average molecular weight is 298 g/mol. The molecular formula is C17H14O5. The third-order valence-electron chi connectivity index (χ3n) is 3.29. The first-order valence-corrected chi connectivity index (χ1v) is 6.76. The number of hydrogen-bond donors (Lipinski definition) is 0. The third-order valence-corrected chi connectivity index (χ3v) is 3.29. The van der Waals surface area contributed by atoms with Crippen molar-refractivity contribution in [2.24, 2.45) is 0 Å².